The van der Waals surface area contributed by atoms with E-state index in [-0.39, 0.29) is 11.9 Å². The van der Waals surface area contributed by atoms with Gasteiger partial charge in [0.1, 0.15) is 13.2 Å². The molecule has 5 rings (SSSR count). The highest BCUT2D eigenvalue weighted by Gasteiger charge is 2.31. The number of aromatic nitrogens is 1. The molecule has 3 heterocycles. The summed E-state index contributed by atoms with van der Waals surface area (Å²) < 4.78 is 11.4. The highest BCUT2D eigenvalue weighted by Crippen LogP contribution is 2.38. The van der Waals surface area contributed by atoms with Crippen LogP contribution >= 0.6 is 0 Å². The molecule has 28 heavy (non-hydrogen) atoms. The van der Waals surface area contributed by atoms with E-state index in [4.69, 9.17) is 9.47 Å². The van der Waals surface area contributed by atoms with Gasteiger partial charge in [-0.25, -0.2) is 0 Å². The van der Waals surface area contributed by atoms with Gasteiger partial charge in [-0.2, -0.15) is 0 Å². The molecule has 1 N–H and O–H groups in total. The van der Waals surface area contributed by atoms with Crippen LogP contribution in [0, 0.1) is 13.8 Å². The SMILES string of the molecule is Cc1[nH]c2ccc(C(=O)N3CCC[C@@H]3c3ccc4c(c3)OCCO4)cc2c1C. The van der Waals surface area contributed by atoms with Crippen LogP contribution in [-0.2, 0) is 0 Å². The Balaban J connectivity index is 1.46. The van der Waals surface area contributed by atoms with Crippen molar-refractivity contribution >= 4 is 16.8 Å². The molecule has 5 nitrogen and oxygen atoms in total. The van der Waals surface area contributed by atoms with Crippen molar-refractivity contribution in [3.05, 3.63) is 58.8 Å². The van der Waals surface area contributed by atoms with Crippen LogP contribution in [0.1, 0.15) is 46.1 Å². The molecule has 2 aliphatic heterocycles. The van der Waals surface area contributed by atoms with Crippen LogP contribution in [0.25, 0.3) is 10.9 Å². The Hall–Kier alpha value is -2.95. The fourth-order valence-corrected chi connectivity index (χ4v) is 4.38. The molecule has 1 saturated heterocycles. The number of hydrogen-bond donors (Lipinski definition) is 1. The first-order valence-electron chi connectivity index (χ1n) is 9.91. The number of carbonyl (C=O) groups is 1. The predicted octanol–water partition coefficient (Wildman–Crippen LogP) is 4.53. The third-order valence-electron chi connectivity index (χ3n) is 6.02. The highest BCUT2D eigenvalue weighted by atomic mass is 16.6. The standard InChI is InChI=1S/C23H24N2O3/c1-14-15(2)24-19-7-5-17(12-18(14)19)23(26)25-9-3-4-20(25)16-6-8-21-22(13-16)28-11-10-27-21/h5-8,12-13,20,24H,3-4,9-11H2,1-2H3/t20-/m1/s1. The zero-order chi connectivity index (χ0) is 19.3. The summed E-state index contributed by atoms with van der Waals surface area (Å²) in [5.74, 6) is 1.66. The van der Waals surface area contributed by atoms with E-state index in [0.29, 0.717) is 13.2 Å². The van der Waals surface area contributed by atoms with E-state index >= 15 is 0 Å². The molecule has 0 saturated carbocycles. The van der Waals surface area contributed by atoms with Gasteiger partial charge in [0.15, 0.2) is 11.5 Å². The number of H-pyrrole nitrogens is 1. The lowest BCUT2D eigenvalue weighted by atomic mass is 10.0. The van der Waals surface area contributed by atoms with E-state index in [1.807, 2.05) is 35.2 Å². The topological polar surface area (TPSA) is 54.6 Å². The van der Waals surface area contributed by atoms with Crippen molar-refractivity contribution in [3.63, 3.8) is 0 Å². The zero-order valence-corrected chi connectivity index (χ0v) is 16.2. The number of rotatable bonds is 2. The summed E-state index contributed by atoms with van der Waals surface area (Å²) in [7, 11) is 0. The lowest BCUT2D eigenvalue weighted by molar-refractivity contribution is 0.0735. The van der Waals surface area contributed by atoms with E-state index in [1.54, 1.807) is 0 Å². The zero-order valence-electron chi connectivity index (χ0n) is 16.2. The first-order chi connectivity index (χ1) is 13.6. The van der Waals surface area contributed by atoms with Gasteiger partial charge in [-0.1, -0.05) is 6.07 Å². The minimum Gasteiger partial charge on any atom is -0.486 e. The molecule has 0 bridgehead atoms. The van der Waals surface area contributed by atoms with Crippen molar-refractivity contribution in [2.75, 3.05) is 19.8 Å². The first-order valence-corrected chi connectivity index (χ1v) is 9.91. The van der Waals surface area contributed by atoms with E-state index in [2.05, 4.69) is 24.9 Å². The van der Waals surface area contributed by atoms with Crippen LogP contribution in [-0.4, -0.2) is 35.5 Å². The smallest absolute Gasteiger partial charge is 0.254 e. The number of aryl methyl sites for hydroxylation is 2. The molecule has 2 aromatic carbocycles. The molecule has 0 aliphatic carbocycles. The number of likely N-dealkylation sites (tertiary alicyclic amines) is 1. The number of carbonyl (C=O) groups excluding carboxylic acids is 1. The summed E-state index contributed by atoms with van der Waals surface area (Å²) in [4.78, 5) is 18.7. The minimum atomic E-state index is 0.0769. The molecule has 144 valence electrons. The van der Waals surface area contributed by atoms with E-state index in [9.17, 15) is 4.79 Å². The molecule has 2 aliphatic rings. The second-order valence-electron chi connectivity index (χ2n) is 7.70. The monoisotopic (exact) mass is 376 g/mol. The van der Waals surface area contributed by atoms with Crippen molar-refractivity contribution in [2.45, 2.75) is 32.7 Å². The Morgan fingerprint density at radius 3 is 2.75 bits per heavy atom. The Morgan fingerprint density at radius 2 is 1.89 bits per heavy atom. The number of fused-ring (bicyclic) bond motifs is 2. The van der Waals surface area contributed by atoms with Gasteiger partial charge in [0.25, 0.3) is 5.91 Å². The van der Waals surface area contributed by atoms with Crippen LogP contribution in [0.15, 0.2) is 36.4 Å². The van der Waals surface area contributed by atoms with Crippen molar-refractivity contribution in [1.82, 2.24) is 9.88 Å². The third kappa shape index (κ3) is 2.73. The van der Waals surface area contributed by atoms with Crippen LogP contribution < -0.4 is 9.47 Å². The van der Waals surface area contributed by atoms with Crippen molar-refractivity contribution in [3.8, 4) is 11.5 Å². The summed E-state index contributed by atoms with van der Waals surface area (Å²) in [5, 5.41) is 1.12. The van der Waals surface area contributed by atoms with Crippen molar-refractivity contribution in [2.24, 2.45) is 0 Å². The number of nitrogens with one attached hydrogen (secondary N) is 1. The Morgan fingerprint density at radius 1 is 1.07 bits per heavy atom. The molecule has 0 unspecified atom stereocenters. The van der Waals surface area contributed by atoms with Gasteiger partial charge in [0.05, 0.1) is 6.04 Å². The van der Waals surface area contributed by atoms with Gasteiger partial charge in [0.2, 0.25) is 0 Å². The van der Waals surface area contributed by atoms with Crippen LogP contribution in [0.5, 0.6) is 11.5 Å². The number of nitrogens with zero attached hydrogens (tertiary/aromatic N) is 1. The van der Waals surface area contributed by atoms with Gasteiger partial charge in [-0.05, 0) is 68.1 Å². The van der Waals surface area contributed by atoms with Gasteiger partial charge in [0, 0.05) is 28.7 Å². The molecule has 0 spiro atoms. The molecule has 3 aromatic rings. The number of benzene rings is 2. The van der Waals surface area contributed by atoms with E-state index < -0.39 is 0 Å². The molecule has 0 radical (unpaired) electrons. The summed E-state index contributed by atoms with van der Waals surface area (Å²) in [6.45, 7) is 6.09. The lowest BCUT2D eigenvalue weighted by Gasteiger charge is -2.27. The minimum absolute atomic E-state index is 0.0769. The first kappa shape index (κ1) is 17.2. The van der Waals surface area contributed by atoms with Crippen LogP contribution in [0.3, 0.4) is 0 Å². The van der Waals surface area contributed by atoms with E-state index in [1.165, 1.54) is 5.56 Å². The normalized spacial score (nSPS) is 18.6. The number of hydrogen-bond acceptors (Lipinski definition) is 3. The Bertz CT molecular complexity index is 1070. The quantitative estimate of drug-likeness (QED) is 0.715. The number of ether oxygens (including phenoxy) is 2. The van der Waals surface area contributed by atoms with E-state index in [0.717, 1.165) is 58.6 Å². The molecular weight excluding hydrogens is 352 g/mol. The van der Waals surface area contributed by atoms with Gasteiger partial charge in [-0.15, -0.1) is 0 Å². The number of amides is 1. The fourth-order valence-electron chi connectivity index (χ4n) is 4.38. The van der Waals surface area contributed by atoms with Gasteiger partial charge < -0.3 is 19.4 Å². The third-order valence-corrected chi connectivity index (χ3v) is 6.02. The second-order valence-corrected chi connectivity index (χ2v) is 7.70. The molecule has 1 fully saturated rings. The maximum Gasteiger partial charge on any atom is 0.254 e. The van der Waals surface area contributed by atoms with Crippen molar-refractivity contribution < 1.29 is 14.3 Å². The predicted molar refractivity (Wildman–Crippen MR) is 108 cm³/mol. The van der Waals surface area contributed by atoms with Crippen LogP contribution in [0.4, 0.5) is 0 Å². The maximum absolute atomic E-state index is 13.3. The molecule has 1 atom stereocenters. The average Bonchev–Trinajstić information content (AvgIpc) is 3.32. The molecule has 1 amide bonds. The van der Waals surface area contributed by atoms with Crippen molar-refractivity contribution in [1.29, 1.82) is 0 Å². The van der Waals surface area contributed by atoms with Gasteiger partial charge >= 0.3 is 0 Å². The molecule has 1 aromatic heterocycles. The highest BCUT2D eigenvalue weighted by molar-refractivity contribution is 5.99. The maximum atomic E-state index is 13.3. The molecule has 5 heteroatoms. The van der Waals surface area contributed by atoms with Crippen LogP contribution in [0.2, 0.25) is 0 Å². The summed E-state index contributed by atoms with van der Waals surface area (Å²) >= 11 is 0. The average molecular weight is 376 g/mol. The second kappa shape index (κ2) is 6.59. The summed E-state index contributed by atoms with van der Waals surface area (Å²) in [5.41, 5.74) is 5.30. The molecular formula is C23H24N2O3. The number of aromatic amines is 1. The summed E-state index contributed by atoms with van der Waals surface area (Å²) in [6.07, 6.45) is 1.98. The van der Waals surface area contributed by atoms with Gasteiger partial charge in [-0.3, -0.25) is 4.79 Å². The Labute approximate surface area is 164 Å². The Kier molecular flexibility index (Phi) is 4.04. The fraction of sp³-hybridized carbons (Fsp3) is 0.348. The lowest BCUT2D eigenvalue weighted by Crippen LogP contribution is -2.30. The largest absolute Gasteiger partial charge is 0.486 e. The summed E-state index contributed by atoms with van der Waals surface area (Å²) in [6, 6.07) is 12.1.